The second kappa shape index (κ2) is 7.70. The summed E-state index contributed by atoms with van der Waals surface area (Å²) in [6, 6.07) is 0.702. The standard InChI is InChI=1S/C14H26N2/c1-4-5-9-16-10-7-6-8-14(16)12-15-11-13(2)3/h13-15H,6-12H2,1-3H3. The van der Waals surface area contributed by atoms with Crippen molar-refractivity contribution < 1.29 is 0 Å². The topological polar surface area (TPSA) is 15.3 Å². The maximum Gasteiger partial charge on any atom is 0.0604 e. The minimum absolute atomic E-state index is 0.702. The number of hydrogen-bond donors (Lipinski definition) is 1. The van der Waals surface area contributed by atoms with E-state index < -0.39 is 0 Å². The van der Waals surface area contributed by atoms with E-state index in [-0.39, 0.29) is 0 Å². The second-order valence-corrected chi connectivity index (χ2v) is 5.10. The molecule has 0 spiro atoms. The maximum absolute atomic E-state index is 3.57. The quantitative estimate of drug-likeness (QED) is 0.717. The summed E-state index contributed by atoms with van der Waals surface area (Å²) in [7, 11) is 0. The number of rotatable bonds is 5. The third kappa shape index (κ3) is 5.01. The van der Waals surface area contributed by atoms with Crippen molar-refractivity contribution >= 4 is 0 Å². The fourth-order valence-corrected chi connectivity index (χ4v) is 2.22. The number of likely N-dealkylation sites (tertiary alicyclic amines) is 1. The molecule has 0 aromatic rings. The molecular weight excluding hydrogens is 196 g/mol. The molecule has 1 heterocycles. The van der Waals surface area contributed by atoms with Crippen LogP contribution < -0.4 is 5.32 Å². The SMILES string of the molecule is CC#CCN1CCCCC1CNCC(C)C. The van der Waals surface area contributed by atoms with Crippen LogP contribution in [0.25, 0.3) is 0 Å². The Balaban J connectivity index is 2.30. The van der Waals surface area contributed by atoms with Crippen molar-refractivity contribution in [2.45, 2.75) is 46.1 Å². The van der Waals surface area contributed by atoms with Crippen molar-refractivity contribution in [1.29, 1.82) is 0 Å². The summed E-state index contributed by atoms with van der Waals surface area (Å²) < 4.78 is 0. The zero-order valence-electron chi connectivity index (χ0n) is 11.1. The van der Waals surface area contributed by atoms with Crippen LogP contribution in [-0.4, -0.2) is 37.1 Å². The first-order valence-electron chi connectivity index (χ1n) is 6.58. The summed E-state index contributed by atoms with van der Waals surface area (Å²) in [5, 5.41) is 3.57. The Morgan fingerprint density at radius 3 is 2.88 bits per heavy atom. The normalized spacial score (nSPS) is 21.9. The Kier molecular flexibility index (Phi) is 6.52. The van der Waals surface area contributed by atoms with Gasteiger partial charge in [-0.25, -0.2) is 0 Å². The van der Waals surface area contributed by atoms with Gasteiger partial charge in [0.05, 0.1) is 6.54 Å². The zero-order valence-corrected chi connectivity index (χ0v) is 11.1. The summed E-state index contributed by atoms with van der Waals surface area (Å²) in [4.78, 5) is 2.54. The molecule has 1 unspecified atom stereocenters. The van der Waals surface area contributed by atoms with Crippen molar-refractivity contribution in [3.63, 3.8) is 0 Å². The molecule has 0 saturated carbocycles. The van der Waals surface area contributed by atoms with Gasteiger partial charge in [0.25, 0.3) is 0 Å². The molecule has 1 atom stereocenters. The summed E-state index contributed by atoms with van der Waals surface area (Å²) in [6.07, 6.45) is 4.05. The van der Waals surface area contributed by atoms with Gasteiger partial charge in [0, 0.05) is 12.6 Å². The third-order valence-corrected chi connectivity index (χ3v) is 3.14. The highest BCUT2D eigenvalue weighted by Crippen LogP contribution is 2.15. The van der Waals surface area contributed by atoms with Gasteiger partial charge in [-0.3, -0.25) is 4.90 Å². The number of nitrogens with zero attached hydrogens (tertiary/aromatic N) is 1. The monoisotopic (exact) mass is 222 g/mol. The number of piperidine rings is 1. The van der Waals surface area contributed by atoms with Gasteiger partial charge in [-0.1, -0.05) is 26.2 Å². The lowest BCUT2D eigenvalue weighted by Crippen LogP contribution is -2.46. The molecule has 0 aromatic heterocycles. The van der Waals surface area contributed by atoms with Gasteiger partial charge in [-0.05, 0) is 38.8 Å². The molecule has 1 N–H and O–H groups in total. The minimum atomic E-state index is 0.702. The van der Waals surface area contributed by atoms with Gasteiger partial charge < -0.3 is 5.32 Å². The number of hydrogen-bond acceptors (Lipinski definition) is 2. The zero-order chi connectivity index (χ0) is 11.8. The fourth-order valence-electron chi connectivity index (χ4n) is 2.22. The van der Waals surface area contributed by atoms with Crippen LogP contribution in [0.1, 0.15) is 40.0 Å². The summed E-state index contributed by atoms with van der Waals surface area (Å²) in [5.74, 6) is 6.94. The molecule has 16 heavy (non-hydrogen) atoms. The van der Waals surface area contributed by atoms with E-state index >= 15 is 0 Å². The first kappa shape index (κ1) is 13.5. The van der Waals surface area contributed by atoms with Gasteiger partial charge >= 0.3 is 0 Å². The molecule has 0 bridgehead atoms. The van der Waals surface area contributed by atoms with Gasteiger partial charge in [0.1, 0.15) is 0 Å². The van der Waals surface area contributed by atoms with Crippen molar-refractivity contribution in [3.8, 4) is 11.8 Å². The maximum atomic E-state index is 3.57. The van der Waals surface area contributed by atoms with Crippen LogP contribution >= 0.6 is 0 Å². The van der Waals surface area contributed by atoms with E-state index in [9.17, 15) is 0 Å². The second-order valence-electron chi connectivity index (χ2n) is 5.10. The first-order chi connectivity index (χ1) is 7.74. The smallest absolute Gasteiger partial charge is 0.0604 e. The van der Waals surface area contributed by atoms with E-state index in [2.05, 4.69) is 35.9 Å². The van der Waals surface area contributed by atoms with Crippen LogP contribution in [0, 0.1) is 17.8 Å². The molecule has 2 heteroatoms. The van der Waals surface area contributed by atoms with Gasteiger partial charge in [0.15, 0.2) is 0 Å². The highest BCUT2D eigenvalue weighted by molar-refractivity contribution is 4.99. The molecule has 1 aliphatic heterocycles. The largest absolute Gasteiger partial charge is 0.315 e. The highest BCUT2D eigenvalue weighted by atomic mass is 15.2. The molecule has 1 saturated heterocycles. The first-order valence-corrected chi connectivity index (χ1v) is 6.58. The molecular formula is C14H26N2. The van der Waals surface area contributed by atoms with Crippen LogP contribution in [0.5, 0.6) is 0 Å². The summed E-state index contributed by atoms with van der Waals surface area (Å²) in [6.45, 7) is 10.9. The highest BCUT2D eigenvalue weighted by Gasteiger charge is 2.20. The Morgan fingerprint density at radius 2 is 2.19 bits per heavy atom. The van der Waals surface area contributed by atoms with Crippen LogP contribution in [0.3, 0.4) is 0 Å². The van der Waals surface area contributed by atoms with E-state index in [4.69, 9.17) is 0 Å². The van der Waals surface area contributed by atoms with Gasteiger partial charge in [0.2, 0.25) is 0 Å². The van der Waals surface area contributed by atoms with Crippen LogP contribution in [0.4, 0.5) is 0 Å². The number of nitrogens with one attached hydrogen (secondary N) is 1. The van der Waals surface area contributed by atoms with Crippen molar-refractivity contribution in [3.05, 3.63) is 0 Å². The van der Waals surface area contributed by atoms with Crippen LogP contribution in [0.2, 0.25) is 0 Å². The van der Waals surface area contributed by atoms with Gasteiger partial charge in [-0.2, -0.15) is 0 Å². The molecule has 1 fully saturated rings. The van der Waals surface area contributed by atoms with E-state index in [0.717, 1.165) is 25.6 Å². The summed E-state index contributed by atoms with van der Waals surface area (Å²) >= 11 is 0. The average molecular weight is 222 g/mol. The van der Waals surface area contributed by atoms with Crippen LogP contribution in [0.15, 0.2) is 0 Å². The molecule has 0 aromatic carbocycles. The molecule has 0 aliphatic carbocycles. The molecule has 1 aliphatic rings. The fraction of sp³-hybridized carbons (Fsp3) is 0.857. The minimum Gasteiger partial charge on any atom is -0.315 e. The summed E-state index contributed by atoms with van der Waals surface area (Å²) in [5.41, 5.74) is 0. The lowest BCUT2D eigenvalue weighted by Gasteiger charge is -2.34. The van der Waals surface area contributed by atoms with Gasteiger partial charge in [-0.15, -0.1) is 5.92 Å². The van der Waals surface area contributed by atoms with Crippen molar-refractivity contribution in [1.82, 2.24) is 10.2 Å². The average Bonchev–Trinajstić information content (AvgIpc) is 2.27. The van der Waals surface area contributed by atoms with Crippen LogP contribution in [-0.2, 0) is 0 Å². The van der Waals surface area contributed by atoms with E-state index in [0.29, 0.717) is 6.04 Å². The van der Waals surface area contributed by atoms with E-state index in [1.165, 1.54) is 25.8 Å². The predicted molar refractivity (Wildman–Crippen MR) is 70.4 cm³/mol. The van der Waals surface area contributed by atoms with E-state index in [1.54, 1.807) is 0 Å². The molecule has 92 valence electrons. The Morgan fingerprint density at radius 1 is 1.38 bits per heavy atom. The Bertz CT molecular complexity index is 237. The lowest BCUT2D eigenvalue weighted by molar-refractivity contribution is 0.163. The molecule has 1 rings (SSSR count). The predicted octanol–water partition coefficient (Wildman–Crippen LogP) is 2.11. The third-order valence-electron chi connectivity index (χ3n) is 3.14. The molecule has 2 nitrogen and oxygen atoms in total. The Hall–Kier alpha value is -0.520. The Labute approximate surface area is 101 Å². The van der Waals surface area contributed by atoms with Crippen molar-refractivity contribution in [2.75, 3.05) is 26.2 Å². The molecule has 0 radical (unpaired) electrons. The molecule has 0 amide bonds. The lowest BCUT2D eigenvalue weighted by atomic mass is 10.0. The van der Waals surface area contributed by atoms with Crippen molar-refractivity contribution in [2.24, 2.45) is 5.92 Å². The van der Waals surface area contributed by atoms with E-state index in [1.807, 2.05) is 6.92 Å².